The molecule has 34 heavy (non-hydrogen) atoms. The van der Waals surface area contributed by atoms with Crippen molar-refractivity contribution in [2.45, 2.75) is 44.0 Å². The molecule has 10 heteroatoms. The van der Waals surface area contributed by atoms with Crippen molar-refractivity contribution in [3.05, 3.63) is 54.1 Å². The Bertz CT molecular complexity index is 1080. The largest absolute Gasteiger partial charge is 0.396 e. The Balaban J connectivity index is 1.81. The van der Waals surface area contributed by atoms with Crippen LogP contribution in [0.5, 0.6) is 0 Å². The van der Waals surface area contributed by atoms with Gasteiger partial charge < -0.3 is 20.6 Å². The zero-order chi connectivity index (χ0) is 25.5. The summed E-state index contributed by atoms with van der Waals surface area (Å²) in [6.45, 7) is 2.98. The molecule has 0 aromatic heterocycles. The number of sulfone groups is 1. The summed E-state index contributed by atoms with van der Waals surface area (Å²) in [5.74, 6) is -1.42. The van der Waals surface area contributed by atoms with E-state index in [4.69, 9.17) is 0 Å². The summed E-state index contributed by atoms with van der Waals surface area (Å²) in [5.41, 5.74) is 1.58. The standard InChI is InChI=1S/C24H32N2O7S/c1-24(2,15-27)21(29)23(31)25-13-12-20(28)22(30)26-14-16-4-6-17(7-5-16)18-8-10-19(11-9-18)34(3,32)33/h4-11,21,23,25,27,29,31H,12-15H2,1-3H3,(H,26,30)/t21-,23?/m0/s1. The van der Waals surface area contributed by atoms with Crippen LogP contribution in [0.4, 0.5) is 0 Å². The number of aliphatic hydroxyl groups excluding tert-OH is 3. The molecule has 0 aliphatic heterocycles. The van der Waals surface area contributed by atoms with Crippen molar-refractivity contribution in [1.82, 2.24) is 10.6 Å². The number of nitrogens with one attached hydrogen (secondary N) is 2. The Kier molecular flexibility index (Phi) is 9.48. The van der Waals surface area contributed by atoms with Gasteiger partial charge in [-0.25, -0.2) is 8.42 Å². The van der Waals surface area contributed by atoms with Gasteiger partial charge in [-0.3, -0.25) is 14.9 Å². The molecule has 0 heterocycles. The predicted octanol–water partition coefficient (Wildman–Crippen LogP) is 0.620. The number of rotatable bonds is 12. The first-order valence-corrected chi connectivity index (χ1v) is 12.6. The van der Waals surface area contributed by atoms with Gasteiger partial charge in [-0.1, -0.05) is 50.2 Å². The van der Waals surface area contributed by atoms with E-state index in [1.807, 2.05) is 12.1 Å². The predicted molar refractivity (Wildman–Crippen MR) is 127 cm³/mol. The van der Waals surface area contributed by atoms with Crippen molar-refractivity contribution in [1.29, 1.82) is 0 Å². The van der Waals surface area contributed by atoms with Crippen molar-refractivity contribution < 1.29 is 33.3 Å². The minimum atomic E-state index is -3.26. The van der Waals surface area contributed by atoms with E-state index in [9.17, 15) is 33.3 Å². The maximum Gasteiger partial charge on any atom is 0.287 e. The van der Waals surface area contributed by atoms with Crippen LogP contribution in [0.15, 0.2) is 53.4 Å². The fraction of sp³-hybridized carbons (Fsp3) is 0.417. The first-order valence-electron chi connectivity index (χ1n) is 10.8. The lowest BCUT2D eigenvalue weighted by atomic mass is 9.86. The molecular formula is C24H32N2O7S. The van der Waals surface area contributed by atoms with Gasteiger partial charge in [0.15, 0.2) is 9.84 Å². The molecule has 2 aromatic rings. The SMILES string of the molecule is CC(C)(CO)[C@@H](O)C(O)NCCC(=O)C(=O)NCc1ccc(-c2ccc(S(C)(=O)=O)cc2)cc1. The molecule has 0 bridgehead atoms. The maximum atomic E-state index is 12.1. The molecule has 0 aliphatic carbocycles. The lowest BCUT2D eigenvalue weighted by Gasteiger charge is -2.32. The van der Waals surface area contributed by atoms with E-state index in [2.05, 4.69) is 10.6 Å². The highest BCUT2D eigenvalue weighted by Gasteiger charge is 2.32. The van der Waals surface area contributed by atoms with Gasteiger partial charge >= 0.3 is 0 Å². The molecule has 0 radical (unpaired) electrons. The summed E-state index contributed by atoms with van der Waals surface area (Å²) in [6, 6.07) is 13.8. The Morgan fingerprint density at radius 2 is 1.50 bits per heavy atom. The number of hydrogen-bond donors (Lipinski definition) is 5. The fourth-order valence-electron chi connectivity index (χ4n) is 3.07. The summed E-state index contributed by atoms with van der Waals surface area (Å²) in [7, 11) is -3.26. The third kappa shape index (κ3) is 7.71. The van der Waals surface area contributed by atoms with E-state index in [1.165, 1.54) is 0 Å². The Morgan fingerprint density at radius 3 is 2.00 bits per heavy atom. The smallest absolute Gasteiger partial charge is 0.287 e. The number of benzene rings is 2. The number of Topliss-reactive ketones (excluding diaryl/α,β-unsaturated/α-hetero) is 1. The van der Waals surface area contributed by atoms with Crippen LogP contribution >= 0.6 is 0 Å². The van der Waals surface area contributed by atoms with Crippen molar-refractivity contribution in [2.75, 3.05) is 19.4 Å². The van der Waals surface area contributed by atoms with E-state index in [-0.39, 0.29) is 31.0 Å². The van der Waals surface area contributed by atoms with Gasteiger partial charge in [0.25, 0.3) is 5.91 Å². The van der Waals surface area contributed by atoms with E-state index in [1.54, 1.807) is 50.2 Å². The van der Waals surface area contributed by atoms with Crippen LogP contribution in [0.2, 0.25) is 0 Å². The second-order valence-corrected chi connectivity index (χ2v) is 10.9. The molecule has 0 saturated carbocycles. The minimum absolute atomic E-state index is 0.0151. The van der Waals surface area contributed by atoms with Crippen LogP contribution in [-0.2, 0) is 26.0 Å². The van der Waals surface area contributed by atoms with Crippen LogP contribution in [0, 0.1) is 5.41 Å². The third-order valence-corrected chi connectivity index (χ3v) is 6.62. The molecule has 0 spiro atoms. The molecule has 0 saturated heterocycles. The quantitative estimate of drug-likeness (QED) is 0.214. The second kappa shape index (κ2) is 11.7. The molecule has 0 fully saturated rings. The van der Waals surface area contributed by atoms with E-state index >= 15 is 0 Å². The molecule has 1 amide bonds. The summed E-state index contributed by atoms with van der Waals surface area (Å²) in [4.78, 5) is 24.3. The average Bonchev–Trinajstić information content (AvgIpc) is 2.81. The Labute approximate surface area is 199 Å². The number of hydrogen-bond acceptors (Lipinski definition) is 8. The first-order chi connectivity index (χ1) is 15.8. The van der Waals surface area contributed by atoms with Gasteiger partial charge in [0, 0.05) is 31.2 Å². The van der Waals surface area contributed by atoms with Crippen molar-refractivity contribution in [2.24, 2.45) is 5.41 Å². The van der Waals surface area contributed by atoms with Crippen molar-refractivity contribution >= 4 is 21.5 Å². The van der Waals surface area contributed by atoms with E-state index < -0.39 is 39.3 Å². The third-order valence-electron chi connectivity index (χ3n) is 5.49. The highest BCUT2D eigenvalue weighted by atomic mass is 32.2. The molecule has 5 N–H and O–H groups in total. The number of ketones is 1. The average molecular weight is 493 g/mol. The summed E-state index contributed by atoms with van der Waals surface area (Å²) in [6.07, 6.45) is -1.61. The lowest BCUT2D eigenvalue weighted by Crippen LogP contribution is -2.49. The first kappa shape index (κ1) is 27.6. The molecular weight excluding hydrogens is 460 g/mol. The van der Waals surface area contributed by atoms with Crippen LogP contribution in [0.1, 0.15) is 25.8 Å². The zero-order valence-corrected chi connectivity index (χ0v) is 20.3. The van der Waals surface area contributed by atoms with Gasteiger partial charge in [-0.2, -0.15) is 0 Å². The van der Waals surface area contributed by atoms with Crippen LogP contribution in [-0.4, -0.2) is 67.2 Å². The van der Waals surface area contributed by atoms with E-state index in [0.29, 0.717) is 0 Å². The molecule has 2 atom stereocenters. The van der Waals surface area contributed by atoms with Crippen molar-refractivity contribution in [3.8, 4) is 11.1 Å². The Morgan fingerprint density at radius 1 is 0.971 bits per heavy atom. The van der Waals surface area contributed by atoms with Gasteiger partial charge in [-0.05, 0) is 28.8 Å². The highest BCUT2D eigenvalue weighted by molar-refractivity contribution is 7.90. The molecule has 1 unspecified atom stereocenters. The monoisotopic (exact) mass is 492 g/mol. The maximum absolute atomic E-state index is 12.1. The number of carbonyl (C=O) groups is 2. The number of carbonyl (C=O) groups excluding carboxylic acids is 2. The van der Waals surface area contributed by atoms with Crippen LogP contribution in [0.25, 0.3) is 11.1 Å². The normalized spacial score (nSPS) is 13.8. The van der Waals surface area contributed by atoms with Crippen LogP contribution < -0.4 is 10.6 Å². The molecule has 2 aromatic carbocycles. The molecule has 186 valence electrons. The number of aliphatic hydroxyl groups is 3. The van der Waals surface area contributed by atoms with Gasteiger partial charge in [0.05, 0.1) is 11.5 Å². The highest BCUT2D eigenvalue weighted by Crippen LogP contribution is 2.22. The van der Waals surface area contributed by atoms with Gasteiger partial charge in [-0.15, -0.1) is 0 Å². The summed E-state index contributed by atoms with van der Waals surface area (Å²) < 4.78 is 23.1. The second-order valence-electron chi connectivity index (χ2n) is 8.84. The molecule has 0 aliphatic rings. The minimum Gasteiger partial charge on any atom is -0.396 e. The van der Waals surface area contributed by atoms with Gasteiger partial charge in [0.2, 0.25) is 5.78 Å². The zero-order valence-electron chi connectivity index (χ0n) is 19.5. The topological polar surface area (TPSA) is 153 Å². The van der Waals surface area contributed by atoms with E-state index in [0.717, 1.165) is 22.9 Å². The molecule has 2 rings (SSSR count). The molecule has 9 nitrogen and oxygen atoms in total. The van der Waals surface area contributed by atoms with Crippen LogP contribution in [0.3, 0.4) is 0 Å². The fourth-order valence-corrected chi connectivity index (χ4v) is 3.70. The summed E-state index contributed by atoms with van der Waals surface area (Å²) in [5, 5.41) is 34.3. The van der Waals surface area contributed by atoms with Gasteiger partial charge in [0.1, 0.15) is 12.3 Å². The lowest BCUT2D eigenvalue weighted by molar-refractivity contribution is -0.138. The number of amides is 1. The summed E-state index contributed by atoms with van der Waals surface area (Å²) >= 11 is 0. The Hall–Kier alpha value is -2.63. The van der Waals surface area contributed by atoms with Crippen molar-refractivity contribution in [3.63, 3.8) is 0 Å².